The molecule has 3 N–H and O–H groups in total. The minimum absolute atomic E-state index is 0.140. The number of nitrogens with two attached hydrogens (primary N) is 1. The van der Waals surface area contributed by atoms with Gasteiger partial charge in [0.05, 0.1) is 6.61 Å². The summed E-state index contributed by atoms with van der Waals surface area (Å²) in [5, 5.41) is 8.81. The normalized spacial score (nSPS) is 19.8. The van der Waals surface area contributed by atoms with E-state index in [1.807, 2.05) is 0 Å². The lowest BCUT2D eigenvalue weighted by Crippen LogP contribution is -2.54. The lowest BCUT2D eigenvalue weighted by Gasteiger charge is -2.35. The second kappa shape index (κ2) is 6.83. The summed E-state index contributed by atoms with van der Waals surface area (Å²) in [5.74, 6) is -0.140. The van der Waals surface area contributed by atoms with Gasteiger partial charge in [0.25, 0.3) is 0 Å². The second-order valence-corrected chi connectivity index (χ2v) is 4.16. The molecule has 1 aliphatic rings. The molecule has 1 rings (SSSR count). The standard InChI is InChI=1S/C11H22N3O2/c1-2-3-4-13-5-7-14(8-6-13)11(16)10(12)9-15/h10,15H,1-9,12H2/t10-/m0/s1. The fourth-order valence-corrected chi connectivity index (χ4v) is 1.84. The SMILES string of the molecule is [CH2]CCCN1CCN(C(=O)[C@@H](N)CO)CC1. The summed E-state index contributed by atoms with van der Waals surface area (Å²) in [6.07, 6.45) is 2.05. The number of hydrogen-bond donors (Lipinski definition) is 2. The summed E-state index contributed by atoms with van der Waals surface area (Å²) in [6.45, 7) is 7.80. The van der Waals surface area contributed by atoms with E-state index >= 15 is 0 Å². The number of rotatable bonds is 5. The van der Waals surface area contributed by atoms with Crippen LogP contribution < -0.4 is 5.73 Å². The van der Waals surface area contributed by atoms with Gasteiger partial charge in [-0.1, -0.05) is 13.3 Å². The van der Waals surface area contributed by atoms with Crippen molar-refractivity contribution in [2.24, 2.45) is 5.73 Å². The molecule has 0 aromatic rings. The van der Waals surface area contributed by atoms with Crippen molar-refractivity contribution in [1.82, 2.24) is 9.80 Å². The molecule has 0 bridgehead atoms. The Morgan fingerprint density at radius 1 is 1.38 bits per heavy atom. The Bertz CT molecular complexity index is 215. The predicted octanol–water partition coefficient (Wildman–Crippen LogP) is -0.936. The third kappa shape index (κ3) is 3.73. The van der Waals surface area contributed by atoms with E-state index in [9.17, 15) is 4.79 Å². The number of piperazine rings is 1. The first-order valence-electron chi connectivity index (χ1n) is 5.86. The zero-order valence-corrected chi connectivity index (χ0v) is 9.77. The highest BCUT2D eigenvalue weighted by Crippen LogP contribution is 2.04. The fraction of sp³-hybridized carbons (Fsp3) is 0.818. The van der Waals surface area contributed by atoms with Gasteiger partial charge >= 0.3 is 0 Å². The Morgan fingerprint density at radius 2 is 2.00 bits per heavy atom. The highest BCUT2D eigenvalue weighted by molar-refractivity contribution is 5.81. The number of hydrogen-bond acceptors (Lipinski definition) is 4. The van der Waals surface area contributed by atoms with Crippen molar-refractivity contribution in [3.63, 3.8) is 0 Å². The van der Waals surface area contributed by atoms with Crippen LogP contribution in [0.3, 0.4) is 0 Å². The first-order valence-corrected chi connectivity index (χ1v) is 5.86. The summed E-state index contributed by atoms with van der Waals surface area (Å²) in [6, 6.07) is -0.758. The molecule has 1 saturated heterocycles. The van der Waals surface area contributed by atoms with Gasteiger partial charge in [-0.05, 0) is 13.0 Å². The van der Waals surface area contributed by atoms with Crippen molar-refractivity contribution >= 4 is 5.91 Å². The summed E-state index contributed by atoms with van der Waals surface area (Å²) < 4.78 is 0. The molecule has 1 fully saturated rings. The van der Waals surface area contributed by atoms with E-state index in [2.05, 4.69) is 11.8 Å². The lowest BCUT2D eigenvalue weighted by atomic mass is 10.2. The quantitative estimate of drug-likeness (QED) is 0.637. The molecule has 0 aromatic heterocycles. The number of carbonyl (C=O) groups excluding carboxylic acids is 1. The van der Waals surface area contributed by atoms with Crippen LogP contribution in [0, 0.1) is 6.92 Å². The largest absolute Gasteiger partial charge is 0.394 e. The molecule has 0 aliphatic carbocycles. The first-order chi connectivity index (χ1) is 7.69. The lowest BCUT2D eigenvalue weighted by molar-refractivity contribution is -0.135. The van der Waals surface area contributed by atoms with Crippen LogP contribution in [0.2, 0.25) is 0 Å². The zero-order chi connectivity index (χ0) is 12.0. The predicted molar refractivity (Wildman–Crippen MR) is 62.7 cm³/mol. The van der Waals surface area contributed by atoms with E-state index in [0.717, 1.165) is 32.5 Å². The van der Waals surface area contributed by atoms with Crippen molar-refractivity contribution < 1.29 is 9.90 Å². The van der Waals surface area contributed by atoms with Gasteiger partial charge in [0, 0.05) is 26.2 Å². The minimum Gasteiger partial charge on any atom is -0.394 e. The number of nitrogens with zero attached hydrogens (tertiary/aromatic N) is 2. The van der Waals surface area contributed by atoms with Crippen LogP contribution in [0.5, 0.6) is 0 Å². The Labute approximate surface area is 97.2 Å². The van der Waals surface area contributed by atoms with E-state index in [1.165, 1.54) is 0 Å². The highest BCUT2D eigenvalue weighted by atomic mass is 16.3. The number of aliphatic hydroxyl groups is 1. The smallest absolute Gasteiger partial charge is 0.241 e. The van der Waals surface area contributed by atoms with E-state index in [-0.39, 0.29) is 12.5 Å². The molecule has 1 radical (unpaired) electrons. The third-order valence-corrected chi connectivity index (χ3v) is 2.92. The zero-order valence-electron chi connectivity index (χ0n) is 9.77. The molecule has 1 atom stereocenters. The van der Waals surface area contributed by atoms with Gasteiger partial charge in [-0.25, -0.2) is 0 Å². The highest BCUT2D eigenvalue weighted by Gasteiger charge is 2.24. The summed E-state index contributed by atoms with van der Waals surface area (Å²) in [7, 11) is 0. The van der Waals surface area contributed by atoms with E-state index in [1.54, 1.807) is 4.90 Å². The van der Waals surface area contributed by atoms with E-state index in [0.29, 0.717) is 13.1 Å². The molecule has 1 amide bonds. The van der Waals surface area contributed by atoms with Crippen LogP contribution in [0.1, 0.15) is 12.8 Å². The maximum Gasteiger partial charge on any atom is 0.241 e. The van der Waals surface area contributed by atoms with Crippen molar-refractivity contribution in [2.75, 3.05) is 39.3 Å². The molecule has 93 valence electrons. The van der Waals surface area contributed by atoms with Crippen LogP contribution in [0.15, 0.2) is 0 Å². The van der Waals surface area contributed by atoms with Gasteiger partial charge < -0.3 is 15.7 Å². The Balaban J connectivity index is 2.28. The molecule has 1 heterocycles. The number of aliphatic hydroxyl groups excluding tert-OH is 1. The van der Waals surface area contributed by atoms with Gasteiger partial charge in [-0.15, -0.1) is 0 Å². The summed E-state index contributed by atoms with van der Waals surface area (Å²) >= 11 is 0. The van der Waals surface area contributed by atoms with Crippen LogP contribution in [0.25, 0.3) is 0 Å². The van der Waals surface area contributed by atoms with Gasteiger partial charge in [-0.2, -0.15) is 0 Å². The van der Waals surface area contributed by atoms with Crippen molar-refractivity contribution in [3.05, 3.63) is 6.92 Å². The van der Waals surface area contributed by atoms with Gasteiger partial charge in [0.15, 0.2) is 0 Å². The monoisotopic (exact) mass is 228 g/mol. The molecule has 0 unspecified atom stereocenters. The molecule has 1 aliphatic heterocycles. The third-order valence-electron chi connectivity index (χ3n) is 2.92. The second-order valence-electron chi connectivity index (χ2n) is 4.16. The maximum atomic E-state index is 11.7. The molecule has 0 aromatic carbocycles. The molecule has 0 saturated carbocycles. The molecular weight excluding hydrogens is 206 g/mol. The number of carbonyl (C=O) groups is 1. The van der Waals surface area contributed by atoms with Gasteiger partial charge in [-0.3, -0.25) is 9.69 Å². The van der Waals surface area contributed by atoms with Gasteiger partial charge in [0.2, 0.25) is 5.91 Å². The Morgan fingerprint density at radius 3 is 2.50 bits per heavy atom. The van der Waals surface area contributed by atoms with Crippen molar-refractivity contribution in [3.8, 4) is 0 Å². The number of unbranched alkanes of at least 4 members (excludes halogenated alkanes) is 1. The van der Waals surface area contributed by atoms with Crippen molar-refractivity contribution in [1.29, 1.82) is 0 Å². The summed E-state index contributed by atoms with van der Waals surface area (Å²) in [4.78, 5) is 15.7. The van der Waals surface area contributed by atoms with E-state index in [4.69, 9.17) is 10.8 Å². The van der Waals surface area contributed by atoms with Crippen LogP contribution in [-0.2, 0) is 4.79 Å². The molecular formula is C11H22N3O2. The van der Waals surface area contributed by atoms with Crippen LogP contribution in [-0.4, -0.2) is 66.2 Å². The summed E-state index contributed by atoms with van der Waals surface area (Å²) in [5.41, 5.74) is 5.50. The number of amides is 1. The molecule has 5 nitrogen and oxygen atoms in total. The first kappa shape index (κ1) is 13.4. The Kier molecular flexibility index (Phi) is 5.73. The van der Waals surface area contributed by atoms with E-state index < -0.39 is 6.04 Å². The fourth-order valence-electron chi connectivity index (χ4n) is 1.84. The minimum atomic E-state index is -0.758. The van der Waals surface area contributed by atoms with Crippen molar-refractivity contribution in [2.45, 2.75) is 18.9 Å². The average Bonchev–Trinajstić information content (AvgIpc) is 2.35. The molecule has 16 heavy (non-hydrogen) atoms. The molecule has 0 spiro atoms. The average molecular weight is 228 g/mol. The van der Waals surface area contributed by atoms with Gasteiger partial charge in [0.1, 0.15) is 6.04 Å². The Hall–Kier alpha value is -0.650. The maximum absolute atomic E-state index is 11.7. The molecule has 5 heteroatoms. The van der Waals surface area contributed by atoms with Crippen LogP contribution in [0.4, 0.5) is 0 Å². The topological polar surface area (TPSA) is 69.8 Å². The van der Waals surface area contributed by atoms with Crippen LogP contribution >= 0.6 is 0 Å².